The van der Waals surface area contributed by atoms with Crippen molar-refractivity contribution in [1.29, 1.82) is 0 Å². The molecule has 28 heavy (non-hydrogen) atoms. The molecule has 0 fully saturated rings. The molecule has 0 saturated heterocycles. The van der Waals surface area contributed by atoms with Gasteiger partial charge in [-0.15, -0.1) is 0 Å². The van der Waals surface area contributed by atoms with Crippen molar-refractivity contribution in [1.82, 2.24) is 0 Å². The van der Waals surface area contributed by atoms with Gasteiger partial charge in [-0.2, -0.15) is 0 Å². The summed E-state index contributed by atoms with van der Waals surface area (Å²) >= 11 is 0. The standard InChI is InChI=1S/C27H22O/c1-19-9-3-5-15-25(19)21-11-7-13-23(17-21)27(28)24-14-8-12-22(18-24)26-16-6-4-10-20(26)2/h3-18H,1-2H3. The predicted molar refractivity (Wildman–Crippen MR) is 117 cm³/mol. The Bertz CT molecular complexity index is 1060. The number of rotatable bonds is 4. The number of hydrogen-bond acceptors (Lipinski definition) is 1. The molecule has 1 heteroatoms. The first-order valence-electron chi connectivity index (χ1n) is 9.50. The molecular weight excluding hydrogens is 340 g/mol. The van der Waals surface area contributed by atoms with Crippen molar-refractivity contribution in [3.8, 4) is 22.3 Å². The highest BCUT2D eigenvalue weighted by Gasteiger charge is 2.12. The lowest BCUT2D eigenvalue weighted by Crippen LogP contribution is -2.02. The molecule has 0 spiro atoms. The zero-order chi connectivity index (χ0) is 19.5. The van der Waals surface area contributed by atoms with Crippen molar-refractivity contribution in [2.75, 3.05) is 0 Å². The second kappa shape index (κ2) is 7.66. The Kier molecular flexibility index (Phi) is 4.90. The van der Waals surface area contributed by atoms with E-state index in [-0.39, 0.29) is 5.78 Å². The fraction of sp³-hybridized carbons (Fsp3) is 0.0741. The highest BCUT2D eigenvalue weighted by molar-refractivity contribution is 6.10. The molecule has 4 aromatic rings. The number of benzene rings is 4. The molecule has 0 radical (unpaired) electrons. The van der Waals surface area contributed by atoms with Crippen molar-refractivity contribution in [2.24, 2.45) is 0 Å². The van der Waals surface area contributed by atoms with E-state index in [2.05, 4.69) is 50.2 Å². The predicted octanol–water partition coefficient (Wildman–Crippen LogP) is 6.87. The number of carbonyl (C=O) groups is 1. The minimum atomic E-state index is 0.0471. The van der Waals surface area contributed by atoms with E-state index in [4.69, 9.17) is 0 Å². The smallest absolute Gasteiger partial charge is 0.193 e. The van der Waals surface area contributed by atoms with Crippen LogP contribution in [0.3, 0.4) is 0 Å². The van der Waals surface area contributed by atoms with Gasteiger partial charge in [0.15, 0.2) is 5.78 Å². The average molecular weight is 362 g/mol. The first-order valence-corrected chi connectivity index (χ1v) is 9.50. The normalized spacial score (nSPS) is 10.6. The van der Waals surface area contributed by atoms with Crippen LogP contribution in [0.1, 0.15) is 27.0 Å². The fourth-order valence-electron chi connectivity index (χ4n) is 3.62. The zero-order valence-corrected chi connectivity index (χ0v) is 16.1. The summed E-state index contributed by atoms with van der Waals surface area (Å²) in [6.07, 6.45) is 0. The summed E-state index contributed by atoms with van der Waals surface area (Å²) in [5.74, 6) is 0.0471. The summed E-state index contributed by atoms with van der Waals surface area (Å²) in [6, 6.07) is 32.3. The van der Waals surface area contributed by atoms with Gasteiger partial charge in [0.25, 0.3) is 0 Å². The van der Waals surface area contributed by atoms with Crippen molar-refractivity contribution in [3.05, 3.63) is 119 Å². The molecule has 136 valence electrons. The summed E-state index contributed by atoms with van der Waals surface area (Å²) in [5.41, 5.74) is 8.28. The molecule has 0 bridgehead atoms. The molecule has 0 aromatic heterocycles. The maximum absolute atomic E-state index is 13.2. The highest BCUT2D eigenvalue weighted by Crippen LogP contribution is 2.27. The Morgan fingerprint density at radius 3 is 1.39 bits per heavy atom. The molecule has 0 unspecified atom stereocenters. The Balaban J connectivity index is 1.71. The third-order valence-electron chi connectivity index (χ3n) is 5.16. The lowest BCUT2D eigenvalue weighted by molar-refractivity contribution is 0.103. The van der Waals surface area contributed by atoms with Gasteiger partial charge in [-0.1, -0.05) is 84.9 Å². The Morgan fingerprint density at radius 1 is 0.536 bits per heavy atom. The topological polar surface area (TPSA) is 17.1 Å². The number of carbonyl (C=O) groups excluding carboxylic acids is 1. The molecule has 0 aliphatic carbocycles. The third kappa shape index (κ3) is 3.52. The van der Waals surface area contributed by atoms with Crippen molar-refractivity contribution in [2.45, 2.75) is 13.8 Å². The summed E-state index contributed by atoms with van der Waals surface area (Å²) in [6.45, 7) is 4.19. The second-order valence-corrected chi connectivity index (χ2v) is 7.12. The monoisotopic (exact) mass is 362 g/mol. The molecular formula is C27H22O. The largest absolute Gasteiger partial charge is 0.289 e. The van der Waals surface area contributed by atoms with Crippen molar-refractivity contribution < 1.29 is 4.79 Å². The molecule has 0 aliphatic heterocycles. The van der Waals surface area contributed by atoms with Crippen LogP contribution in [0.5, 0.6) is 0 Å². The first kappa shape index (κ1) is 17.9. The van der Waals surface area contributed by atoms with Crippen LogP contribution >= 0.6 is 0 Å². The van der Waals surface area contributed by atoms with Gasteiger partial charge in [-0.3, -0.25) is 4.79 Å². The van der Waals surface area contributed by atoms with Crippen molar-refractivity contribution >= 4 is 5.78 Å². The van der Waals surface area contributed by atoms with E-state index < -0.39 is 0 Å². The van der Waals surface area contributed by atoms with Crippen LogP contribution in [0.15, 0.2) is 97.1 Å². The summed E-state index contributed by atoms with van der Waals surface area (Å²) < 4.78 is 0. The maximum atomic E-state index is 13.2. The van der Waals surface area contributed by atoms with Gasteiger partial charge in [-0.05, 0) is 59.4 Å². The number of hydrogen-bond donors (Lipinski definition) is 0. The maximum Gasteiger partial charge on any atom is 0.193 e. The molecule has 0 heterocycles. The SMILES string of the molecule is Cc1ccccc1-c1cccc(C(=O)c2cccc(-c3ccccc3C)c2)c1. The van der Waals surface area contributed by atoms with E-state index in [1.807, 2.05) is 60.7 Å². The quantitative estimate of drug-likeness (QED) is 0.362. The summed E-state index contributed by atoms with van der Waals surface area (Å²) in [5, 5.41) is 0. The van der Waals surface area contributed by atoms with Gasteiger partial charge in [0.05, 0.1) is 0 Å². The molecule has 0 N–H and O–H groups in total. The molecule has 0 atom stereocenters. The van der Waals surface area contributed by atoms with Crippen LogP contribution in [0, 0.1) is 13.8 Å². The van der Waals surface area contributed by atoms with E-state index in [0.717, 1.165) is 22.3 Å². The molecule has 0 aliphatic rings. The van der Waals surface area contributed by atoms with E-state index >= 15 is 0 Å². The second-order valence-electron chi connectivity index (χ2n) is 7.12. The van der Waals surface area contributed by atoms with Gasteiger partial charge in [-0.25, -0.2) is 0 Å². The van der Waals surface area contributed by atoms with Crippen LogP contribution in [0.4, 0.5) is 0 Å². The Morgan fingerprint density at radius 2 is 0.964 bits per heavy atom. The molecule has 1 nitrogen and oxygen atoms in total. The Hall–Kier alpha value is -3.45. The highest BCUT2D eigenvalue weighted by atomic mass is 16.1. The van der Waals surface area contributed by atoms with E-state index in [1.54, 1.807) is 0 Å². The lowest BCUT2D eigenvalue weighted by atomic mass is 9.94. The average Bonchev–Trinajstić information content (AvgIpc) is 2.74. The van der Waals surface area contributed by atoms with Gasteiger partial charge in [0.1, 0.15) is 0 Å². The molecule has 0 amide bonds. The van der Waals surface area contributed by atoms with Crippen LogP contribution in [0.2, 0.25) is 0 Å². The minimum absolute atomic E-state index is 0.0471. The van der Waals surface area contributed by atoms with Gasteiger partial charge in [0, 0.05) is 11.1 Å². The van der Waals surface area contributed by atoms with Crippen LogP contribution in [0.25, 0.3) is 22.3 Å². The van der Waals surface area contributed by atoms with E-state index in [1.165, 1.54) is 11.1 Å². The molecule has 4 aromatic carbocycles. The summed E-state index contributed by atoms with van der Waals surface area (Å²) in [4.78, 5) is 13.2. The van der Waals surface area contributed by atoms with Gasteiger partial charge >= 0.3 is 0 Å². The van der Waals surface area contributed by atoms with Crippen LogP contribution in [-0.2, 0) is 0 Å². The van der Waals surface area contributed by atoms with E-state index in [0.29, 0.717) is 11.1 Å². The zero-order valence-electron chi connectivity index (χ0n) is 16.1. The van der Waals surface area contributed by atoms with Gasteiger partial charge in [0.2, 0.25) is 0 Å². The number of aryl methyl sites for hydroxylation is 2. The van der Waals surface area contributed by atoms with Gasteiger partial charge < -0.3 is 0 Å². The lowest BCUT2D eigenvalue weighted by Gasteiger charge is -2.10. The molecule has 0 saturated carbocycles. The summed E-state index contributed by atoms with van der Waals surface area (Å²) in [7, 11) is 0. The fourth-order valence-corrected chi connectivity index (χ4v) is 3.62. The van der Waals surface area contributed by atoms with Crippen LogP contribution in [-0.4, -0.2) is 5.78 Å². The third-order valence-corrected chi connectivity index (χ3v) is 5.16. The van der Waals surface area contributed by atoms with Crippen molar-refractivity contribution in [3.63, 3.8) is 0 Å². The minimum Gasteiger partial charge on any atom is -0.289 e. The molecule has 4 rings (SSSR count). The van der Waals surface area contributed by atoms with E-state index in [9.17, 15) is 4.79 Å². The van der Waals surface area contributed by atoms with Crippen LogP contribution < -0.4 is 0 Å². The Labute approximate surface area is 166 Å². The number of ketones is 1. The first-order chi connectivity index (χ1) is 13.6.